The fourth-order valence-corrected chi connectivity index (χ4v) is 2.83. The van der Waals surface area contributed by atoms with Crippen LogP contribution in [0.15, 0.2) is 24.3 Å². The summed E-state index contributed by atoms with van der Waals surface area (Å²) in [5.74, 6) is -0.344. The van der Waals surface area contributed by atoms with Crippen LogP contribution in [0, 0.1) is 0 Å². The quantitative estimate of drug-likeness (QED) is 0.796. The monoisotopic (exact) mass is 342 g/mol. The van der Waals surface area contributed by atoms with E-state index in [1.54, 1.807) is 18.2 Å². The van der Waals surface area contributed by atoms with E-state index in [4.69, 9.17) is 16.3 Å². The number of nitrogens with zero attached hydrogens (tertiary/aromatic N) is 1. The van der Waals surface area contributed by atoms with Gasteiger partial charge in [0, 0.05) is 23.9 Å². The molecule has 1 aliphatic heterocycles. The van der Waals surface area contributed by atoms with Crippen LogP contribution < -0.4 is 5.32 Å². The number of carbonyl (C=O) groups excluding carboxylic acids is 3. The molecule has 0 saturated carbocycles. The van der Waals surface area contributed by atoms with Gasteiger partial charge in [0.15, 0.2) is 6.61 Å². The Morgan fingerprint density at radius 1 is 1.36 bits per heavy atom. The summed E-state index contributed by atoms with van der Waals surface area (Å²) >= 11 is 7.13. The van der Waals surface area contributed by atoms with Gasteiger partial charge in [-0.25, -0.2) is 0 Å². The number of rotatable bonds is 6. The van der Waals surface area contributed by atoms with Crippen LogP contribution in [0.1, 0.15) is 5.56 Å². The maximum atomic E-state index is 11.6. The summed E-state index contributed by atoms with van der Waals surface area (Å²) in [5, 5.41) is 3.03. The van der Waals surface area contributed by atoms with E-state index in [1.165, 1.54) is 16.7 Å². The number of esters is 1. The van der Waals surface area contributed by atoms with Gasteiger partial charge in [0.25, 0.3) is 11.1 Å². The Bertz CT molecular complexity index is 582. The van der Waals surface area contributed by atoms with Crippen molar-refractivity contribution in [3.8, 4) is 0 Å². The lowest BCUT2D eigenvalue weighted by Gasteiger charge is -2.13. The molecule has 22 heavy (non-hydrogen) atoms. The number of nitrogens with one attached hydrogen (secondary N) is 1. The van der Waals surface area contributed by atoms with Gasteiger partial charge < -0.3 is 15.0 Å². The summed E-state index contributed by atoms with van der Waals surface area (Å²) in [7, 11) is 0. The molecule has 1 saturated heterocycles. The predicted octanol–water partition coefficient (Wildman–Crippen LogP) is 1.67. The van der Waals surface area contributed by atoms with Crippen molar-refractivity contribution in [2.24, 2.45) is 0 Å². The molecule has 118 valence electrons. The number of halogens is 1. The van der Waals surface area contributed by atoms with Crippen LogP contribution in [-0.4, -0.2) is 47.5 Å². The molecule has 0 spiro atoms. The molecule has 0 unspecified atom stereocenters. The third kappa shape index (κ3) is 4.92. The van der Waals surface area contributed by atoms with Gasteiger partial charge in [0.2, 0.25) is 0 Å². The first-order valence-electron chi connectivity index (χ1n) is 6.63. The van der Waals surface area contributed by atoms with Gasteiger partial charge in [-0.05, 0) is 11.6 Å². The van der Waals surface area contributed by atoms with Crippen LogP contribution in [0.5, 0.6) is 0 Å². The first-order valence-corrected chi connectivity index (χ1v) is 8.00. The number of benzene rings is 1. The molecule has 0 aliphatic carbocycles. The maximum Gasteiger partial charge on any atom is 0.326 e. The molecule has 1 fully saturated rings. The number of carbonyl (C=O) groups is 3. The van der Waals surface area contributed by atoms with Crippen molar-refractivity contribution < 1.29 is 19.1 Å². The van der Waals surface area contributed by atoms with Crippen molar-refractivity contribution in [1.29, 1.82) is 0 Å². The van der Waals surface area contributed by atoms with E-state index in [1.807, 2.05) is 6.07 Å². The van der Waals surface area contributed by atoms with Crippen LogP contribution in [0.3, 0.4) is 0 Å². The average Bonchev–Trinajstić information content (AvgIpc) is 2.89. The van der Waals surface area contributed by atoms with Crippen LogP contribution >= 0.6 is 23.4 Å². The minimum Gasteiger partial charge on any atom is -0.454 e. The van der Waals surface area contributed by atoms with Crippen LogP contribution in [0.2, 0.25) is 5.02 Å². The molecule has 0 bridgehead atoms. The van der Waals surface area contributed by atoms with Gasteiger partial charge in [0.05, 0.1) is 0 Å². The number of amides is 2. The third-order valence-electron chi connectivity index (χ3n) is 2.96. The van der Waals surface area contributed by atoms with E-state index < -0.39 is 11.9 Å². The molecule has 1 aromatic carbocycles. The summed E-state index contributed by atoms with van der Waals surface area (Å²) < 4.78 is 4.85. The van der Waals surface area contributed by atoms with Gasteiger partial charge in [-0.3, -0.25) is 14.4 Å². The minimum absolute atomic E-state index is 0.121. The van der Waals surface area contributed by atoms with Crippen LogP contribution in [0.25, 0.3) is 0 Å². The van der Waals surface area contributed by atoms with Crippen molar-refractivity contribution in [2.45, 2.75) is 6.54 Å². The summed E-state index contributed by atoms with van der Waals surface area (Å²) in [6.45, 7) is 0.288. The lowest BCUT2D eigenvalue weighted by molar-refractivity contribution is -0.148. The highest BCUT2D eigenvalue weighted by Gasteiger charge is 2.24. The maximum absolute atomic E-state index is 11.6. The number of hydrogen-bond acceptors (Lipinski definition) is 5. The second kappa shape index (κ2) is 8.05. The Hall–Kier alpha value is -1.73. The van der Waals surface area contributed by atoms with E-state index in [0.29, 0.717) is 17.3 Å². The molecule has 8 heteroatoms. The minimum atomic E-state index is -0.594. The summed E-state index contributed by atoms with van der Waals surface area (Å²) in [6.07, 6.45) is 0. The second-order valence-corrected chi connectivity index (χ2v) is 6.02. The summed E-state index contributed by atoms with van der Waals surface area (Å²) in [5.41, 5.74) is 0.781. The SMILES string of the molecule is O=C(COC(=O)CN1CCSC1=O)NCc1ccccc1Cl. The Morgan fingerprint density at radius 2 is 2.14 bits per heavy atom. The second-order valence-electron chi connectivity index (χ2n) is 4.56. The molecule has 1 heterocycles. The summed E-state index contributed by atoms with van der Waals surface area (Å²) in [4.78, 5) is 35.9. The van der Waals surface area contributed by atoms with E-state index >= 15 is 0 Å². The highest BCUT2D eigenvalue weighted by atomic mass is 35.5. The fraction of sp³-hybridized carbons (Fsp3) is 0.357. The largest absolute Gasteiger partial charge is 0.454 e. The molecule has 0 atom stereocenters. The van der Waals surface area contributed by atoms with Gasteiger partial charge >= 0.3 is 5.97 Å². The van der Waals surface area contributed by atoms with E-state index in [9.17, 15) is 14.4 Å². The highest BCUT2D eigenvalue weighted by molar-refractivity contribution is 8.13. The zero-order valence-corrected chi connectivity index (χ0v) is 13.3. The first kappa shape index (κ1) is 16.6. The van der Waals surface area contributed by atoms with Crippen molar-refractivity contribution in [3.63, 3.8) is 0 Å². The molecule has 1 aromatic rings. The standard InChI is InChI=1S/C14H15ClN2O4S/c15-11-4-2-1-3-10(11)7-16-12(18)9-21-13(19)8-17-5-6-22-14(17)20/h1-4H,5-9H2,(H,16,18). The zero-order valence-electron chi connectivity index (χ0n) is 11.7. The number of thioether (sulfide) groups is 1. The fourth-order valence-electron chi connectivity index (χ4n) is 1.80. The third-order valence-corrected chi connectivity index (χ3v) is 4.22. The molecule has 2 amide bonds. The van der Waals surface area contributed by atoms with Gasteiger partial charge in [-0.2, -0.15) is 0 Å². The van der Waals surface area contributed by atoms with Crippen molar-refractivity contribution >= 4 is 40.5 Å². The summed E-state index contributed by atoms with van der Waals surface area (Å²) in [6, 6.07) is 7.14. The van der Waals surface area contributed by atoms with E-state index in [2.05, 4.69) is 5.32 Å². The Kier molecular flexibility index (Phi) is 6.09. The topological polar surface area (TPSA) is 75.7 Å². The molecular weight excluding hydrogens is 328 g/mol. The highest BCUT2D eigenvalue weighted by Crippen LogP contribution is 2.16. The lowest BCUT2D eigenvalue weighted by Crippen LogP contribution is -2.34. The van der Waals surface area contributed by atoms with Crippen molar-refractivity contribution in [2.75, 3.05) is 25.4 Å². The molecule has 0 radical (unpaired) electrons. The normalized spacial score (nSPS) is 14.0. The number of hydrogen-bond donors (Lipinski definition) is 1. The zero-order chi connectivity index (χ0) is 15.9. The molecule has 1 N–H and O–H groups in total. The predicted molar refractivity (Wildman–Crippen MR) is 83.7 cm³/mol. The van der Waals surface area contributed by atoms with Crippen LogP contribution in [-0.2, 0) is 20.9 Å². The smallest absolute Gasteiger partial charge is 0.326 e. The molecule has 0 aromatic heterocycles. The number of ether oxygens (including phenoxy) is 1. The average molecular weight is 343 g/mol. The molecule has 1 aliphatic rings. The Balaban J connectivity index is 1.68. The lowest BCUT2D eigenvalue weighted by atomic mass is 10.2. The van der Waals surface area contributed by atoms with E-state index in [0.717, 1.165) is 5.56 Å². The molecule has 6 nitrogen and oxygen atoms in total. The van der Waals surface area contributed by atoms with Gasteiger partial charge in [-0.15, -0.1) is 0 Å². The Labute approximate surface area is 137 Å². The van der Waals surface area contributed by atoms with Gasteiger partial charge in [0.1, 0.15) is 6.54 Å². The molecule has 2 rings (SSSR count). The van der Waals surface area contributed by atoms with E-state index in [-0.39, 0.29) is 24.9 Å². The molecular formula is C14H15ClN2O4S. The first-order chi connectivity index (χ1) is 10.6. The van der Waals surface area contributed by atoms with Crippen molar-refractivity contribution in [3.05, 3.63) is 34.9 Å². The Morgan fingerprint density at radius 3 is 2.82 bits per heavy atom. The van der Waals surface area contributed by atoms with Crippen molar-refractivity contribution in [1.82, 2.24) is 10.2 Å². The van der Waals surface area contributed by atoms with Gasteiger partial charge in [-0.1, -0.05) is 41.6 Å². The van der Waals surface area contributed by atoms with Crippen LogP contribution in [0.4, 0.5) is 4.79 Å².